The minimum atomic E-state index is -0.705. The van der Waals surface area contributed by atoms with Gasteiger partial charge in [-0.1, -0.05) is 18.2 Å². The fourth-order valence-electron chi connectivity index (χ4n) is 2.45. The SMILES string of the molecule is O=C(Nc1ccc2oc(-c3ccccc3)nc2c1)c1ccc([N+](=O)[O-])o1. The van der Waals surface area contributed by atoms with Crippen LogP contribution in [0.25, 0.3) is 22.6 Å². The van der Waals surface area contributed by atoms with Crippen LogP contribution < -0.4 is 5.32 Å². The summed E-state index contributed by atoms with van der Waals surface area (Å²) in [6, 6.07) is 16.8. The number of aromatic nitrogens is 1. The number of fused-ring (bicyclic) bond motifs is 1. The van der Waals surface area contributed by atoms with Gasteiger partial charge in [0.2, 0.25) is 5.89 Å². The van der Waals surface area contributed by atoms with Gasteiger partial charge in [0, 0.05) is 11.3 Å². The second-order valence-corrected chi connectivity index (χ2v) is 5.42. The third-order valence-corrected chi connectivity index (χ3v) is 3.66. The van der Waals surface area contributed by atoms with Crippen molar-refractivity contribution in [3.05, 3.63) is 76.5 Å². The van der Waals surface area contributed by atoms with E-state index in [1.54, 1.807) is 18.2 Å². The molecular weight excluding hydrogens is 338 g/mol. The summed E-state index contributed by atoms with van der Waals surface area (Å²) in [4.78, 5) is 26.5. The molecule has 4 rings (SSSR count). The molecule has 4 aromatic rings. The van der Waals surface area contributed by atoms with Gasteiger partial charge in [-0.05, 0) is 36.4 Å². The highest BCUT2D eigenvalue weighted by molar-refractivity contribution is 6.03. The first kappa shape index (κ1) is 15.6. The lowest BCUT2D eigenvalue weighted by Crippen LogP contribution is -2.10. The van der Waals surface area contributed by atoms with Crippen LogP contribution in [0.3, 0.4) is 0 Å². The number of nitro groups is 1. The molecule has 8 nitrogen and oxygen atoms in total. The third kappa shape index (κ3) is 2.91. The second kappa shape index (κ2) is 6.17. The van der Waals surface area contributed by atoms with E-state index in [9.17, 15) is 14.9 Å². The van der Waals surface area contributed by atoms with E-state index in [0.29, 0.717) is 22.7 Å². The van der Waals surface area contributed by atoms with Crippen molar-refractivity contribution in [3.63, 3.8) is 0 Å². The van der Waals surface area contributed by atoms with Gasteiger partial charge in [-0.15, -0.1) is 0 Å². The fourth-order valence-corrected chi connectivity index (χ4v) is 2.45. The van der Waals surface area contributed by atoms with Crippen molar-refractivity contribution in [1.29, 1.82) is 0 Å². The molecule has 0 radical (unpaired) electrons. The Balaban J connectivity index is 1.59. The van der Waals surface area contributed by atoms with Crippen molar-refractivity contribution >= 4 is 28.6 Å². The molecule has 8 heteroatoms. The highest BCUT2D eigenvalue weighted by atomic mass is 16.6. The zero-order valence-electron chi connectivity index (χ0n) is 13.2. The molecule has 1 N–H and O–H groups in total. The molecule has 2 aromatic carbocycles. The van der Waals surface area contributed by atoms with E-state index in [1.807, 2.05) is 30.3 Å². The maximum absolute atomic E-state index is 12.1. The number of hydrogen-bond donors (Lipinski definition) is 1. The lowest BCUT2D eigenvalue weighted by Gasteiger charge is -2.01. The van der Waals surface area contributed by atoms with Crippen LogP contribution in [0.1, 0.15) is 10.6 Å². The summed E-state index contributed by atoms with van der Waals surface area (Å²) in [5.41, 5.74) is 2.47. The number of oxazole rings is 1. The first-order valence-electron chi connectivity index (χ1n) is 7.62. The number of hydrogen-bond acceptors (Lipinski definition) is 6. The average Bonchev–Trinajstić information content (AvgIpc) is 3.29. The van der Waals surface area contributed by atoms with Gasteiger partial charge in [0.15, 0.2) is 11.3 Å². The molecule has 0 aliphatic rings. The zero-order chi connectivity index (χ0) is 18.1. The van der Waals surface area contributed by atoms with Crippen LogP contribution in [0.15, 0.2) is 69.5 Å². The molecule has 0 aliphatic carbocycles. The van der Waals surface area contributed by atoms with Gasteiger partial charge < -0.3 is 14.2 Å². The zero-order valence-corrected chi connectivity index (χ0v) is 13.2. The number of rotatable bonds is 4. The van der Waals surface area contributed by atoms with Gasteiger partial charge >= 0.3 is 5.88 Å². The minimum Gasteiger partial charge on any atom is -0.436 e. The van der Waals surface area contributed by atoms with Gasteiger partial charge in [-0.2, -0.15) is 0 Å². The Hall–Kier alpha value is -3.94. The van der Waals surface area contributed by atoms with Crippen molar-refractivity contribution in [2.45, 2.75) is 0 Å². The molecule has 0 unspecified atom stereocenters. The summed E-state index contributed by atoms with van der Waals surface area (Å²) in [5.74, 6) is -0.758. The van der Waals surface area contributed by atoms with Crippen LogP contribution in [-0.4, -0.2) is 15.8 Å². The number of nitrogens with one attached hydrogen (secondary N) is 1. The smallest absolute Gasteiger partial charge is 0.433 e. The van der Waals surface area contributed by atoms with Crippen molar-refractivity contribution in [2.24, 2.45) is 0 Å². The van der Waals surface area contributed by atoms with E-state index < -0.39 is 16.7 Å². The Bertz CT molecular complexity index is 1110. The summed E-state index contributed by atoms with van der Waals surface area (Å²) >= 11 is 0. The van der Waals surface area contributed by atoms with Gasteiger partial charge in [0.05, 0.1) is 6.07 Å². The van der Waals surface area contributed by atoms with Crippen LogP contribution in [0.2, 0.25) is 0 Å². The monoisotopic (exact) mass is 349 g/mol. The molecule has 128 valence electrons. The third-order valence-electron chi connectivity index (χ3n) is 3.66. The summed E-state index contributed by atoms with van der Waals surface area (Å²) < 4.78 is 10.6. The summed E-state index contributed by atoms with van der Waals surface area (Å²) in [6.07, 6.45) is 0. The molecule has 0 saturated heterocycles. The Kier molecular flexibility index (Phi) is 3.70. The van der Waals surface area contributed by atoms with Crippen molar-refractivity contribution < 1.29 is 18.6 Å². The Labute approximate surface area is 146 Å². The van der Waals surface area contributed by atoms with E-state index >= 15 is 0 Å². The number of benzene rings is 2. The standard InChI is InChI=1S/C18H11N3O5/c22-17(15-8-9-16(25-15)21(23)24)19-12-6-7-14-13(10-12)20-18(26-14)11-4-2-1-3-5-11/h1-10H,(H,19,22). The summed E-state index contributed by atoms with van der Waals surface area (Å²) in [5, 5.41) is 13.2. The number of nitrogens with zero attached hydrogens (tertiary/aromatic N) is 2. The molecule has 2 aromatic heterocycles. The molecule has 0 spiro atoms. The molecule has 1 amide bonds. The highest BCUT2D eigenvalue weighted by Gasteiger charge is 2.18. The number of carbonyl (C=O) groups excluding carboxylic acids is 1. The molecule has 0 aliphatic heterocycles. The fraction of sp³-hybridized carbons (Fsp3) is 0. The predicted octanol–water partition coefficient (Wildman–Crippen LogP) is 4.25. The number of furan rings is 1. The molecule has 2 heterocycles. The number of amides is 1. The van der Waals surface area contributed by atoms with E-state index in [0.717, 1.165) is 11.6 Å². The molecule has 26 heavy (non-hydrogen) atoms. The summed E-state index contributed by atoms with van der Waals surface area (Å²) in [7, 11) is 0. The molecule has 0 bridgehead atoms. The van der Waals surface area contributed by atoms with Crippen LogP contribution in [0.4, 0.5) is 11.6 Å². The first-order valence-corrected chi connectivity index (χ1v) is 7.62. The van der Waals surface area contributed by atoms with Crippen LogP contribution in [0, 0.1) is 10.1 Å². The number of carbonyl (C=O) groups is 1. The lowest BCUT2D eigenvalue weighted by atomic mass is 10.2. The van der Waals surface area contributed by atoms with E-state index in [4.69, 9.17) is 8.83 Å². The van der Waals surface area contributed by atoms with E-state index in [1.165, 1.54) is 6.07 Å². The predicted molar refractivity (Wildman–Crippen MR) is 92.8 cm³/mol. The second-order valence-electron chi connectivity index (χ2n) is 5.42. The quantitative estimate of drug-likeness (QED) is 0.435. The molecule has 0 atom stereocenters. The molecular formula is C18H11N3O5. The Morgan fingerprint density at radius 3 is 2.58 bits per heavy atom. The molecule has 0 fully saturated rings. The van der Waals surface area contributed by atoms with Crippen LogP contribution in [-0.2, 0) is 0 Å². The van der Waals surface area contributed by atoms with Crippen molar-refractivity contribution in [1.82, 2.24) is 4.98 Å². The van der Waals surface area contributed by atoms with Crippen molar-refractivity contribution in [2.75, 3.05) is 5.32 Å². The van der Waals surface area contributed by atoms with E-state index in [2.05, 4.69) is 10.3 Å². The minimum absolute atomic E-state index is 0.151. The summed E-state index contributed by atoms with van der Waals surface area (Å²) in [6.45, 7) is 0. The van der Waals surface area contributed by atoms with Gasteiger partial charge in [-0.25, -0.2) is 4.98 Å². The van der Waals surface area contributed by atoms with Crippen LogP contribution >= 0.6 is 0 Å². The van der Waals surface area contributed by atoms with Gasteiger partial charge in [0.25, 0.3) is 5.91 Å². The molecule has 0 saturated carbocycles. The van der Waals surface area contributed by atoms with Gasteiger partial charge in [-0.3, -0.25) is 14.9 Å². The number of anilines is 1. The van der Waals surface area contributed by atoms with Crippen LogP contribution in [0.5, 0.6) is 0 Å². The normalized spacial score (nSPS) is 10.8. The van der Waals surface area contributed by atoms with Gasteiger partial charge in [0.1, 0.15) is 10.4 Å². The Morgan fingerprint density at radius 1 is 1.04 bits per heavy atom. The largest absolute Gasteiger partial charge is 0.436 e. The lowest BCUT2D eigenvalue weighted by molar-refractivity contribution is -0.402. The first-order chi connectivity index (χ1) is 12.6. The highest BCUT2D eigenvalue weighted by Crippen LogP contribution is 2.26. The Morgan fingerprint density at radius 2 is 1.85 bits per heavy atom. The van der Waals surface area contributed by atoms with Crippen molar-refractivity contribution in [3.8, 4) is 11.5 Å². The maximum Gasteiger partial charge on any atom is 0.433 e. The average molecular weight is 349 g/mol. The van der Waals surface area contributed by atoms with E-state index in [-0.39, 0.29) is 5.76 Å². The maximum atomic E-state index is 12.1. The topological polar surface area (TPSA) is 111 Å².